The second-order valence-electron chi connectivity index (χ2n) is 6.10. The Morgan fingerprint density at radius 3 is 2.35 bits per heavy atom. The van der Waals surface area contributed by atoms with Crippen LogP contribution in [-0.2, 0) is 4.79 Å². The van der Waals surface area contributed by atoms with E-state index in [1.165, 1.54) is 12.8 Å². The summed E-state index contributed by atoms with van der Waals surface area (Å²) in [6.07, 6.45) is 5.21. The first-order valence-electron chi connectivity index (χ1n) is 7.56. The quantitative estimate of drug-likeness (QED) is 0.707. The highest BCUT2D eigenvalue weighted by molar-refractivity contribution is 5.86. The first-order chi connectivity index (χ1) is 9.52. The predicted octanol–water partition coefficient (Wildman–Crippen LogP) is 1.17. The minimum Gasteiger partial charge on any atom is -0.480 e. The Bertz CT molecular complexity index is 361. The van der Waals surface area contributed by atoms with Gasteiger partial charge in [-0.3, -0.25) is 0 Å². The van der Waals surface area contributed by atoms with Gasteiger partial charge in [-0.1, -0.05) is 12.8 Å². The molecular formula is C14H25N3O3. The number of nitrogens with one attached hydrogen (secondary N) is 2. The van der Waals surface area contributed by atoms with Crippen LogP contribution in [0.4, 0.5) is 4.79 Å². The molecular weight excluding hydrogens is 258 g/mol. The molecule has 0 aromatic carbocycles. The number of urea groups is 1. The van der Waals surface area contributed by atoms with Gasteiger partial charge in [-0.2, -0.15) is 0 Å². The molecule has 2 fully saturated rings. The lowest BCUT2D eigenvalue weighted by Crippen LogP contribution is -2.57. The van der Waals surface area contributed by atoms with E-state index in [9.17, 15) is 14.7 Å². The fourth-order valence-corrected chi connectivity index (χ4v) is 3.25. The summed E-state index contributed by atoms with van der Waals surface area (Å²) in [4.78, 5) is 25.7. The summed E-state index contributed by atoms with van der Waals surface area (Å²) in [5.41, 5.74) is -1.06. The van der Waals surface area contributed by atoms with Gasteiger partial charge in [0.25, 0.3) is 0 Å². The molecule has 1 saturated heterocycles. The Morgan fingerprint density at radius 1 is 1.20 bits per heavy atom. The van der Waals surface area contributed by atoms with Crippen molar-refractivity contribution >= 4 is 12.0 Å². The predicted molar refractivity (Wildman–Crippen MR) is 75.6 cm³/mol. The highest BCUT2D eigenvalue weighted by Crippen LogP contribution is 2.29. The minimum atomic E-state index is -1.06. The third-order valence-electron chi connectivity index (χ3n) is 4.33. The fourth-order valence-electron chi connectivity index (χ4n) is 3.25. The molecule has 1 aliphatic carbocycles. The van der Waals surface area contributed by atoms with E-state index in [1.807, 2.05) is 6.92 Å². The maximum atomic E-state index is 12.0. The van der Waals surface area contributed by atoms with Crippen LogP contribution in [0.15, 0.2) is 0 Å². The molecule has 1 heterocycles. The number of carboxylic acids is 1. The first kappa shape index (κ1) is 15.1. The van der Waals surface area contributed by atoms with Gasteiger partial charge in [-0.15, -0.1) is 0 Å². The molecule has 0 radical (unpaired) electrons. The average molecular weight is 283 g/mol. The van der Waals surface area contributed by atoms with E-state index in [0.29, 0.717) is 12.8 Å². The van der Waals surface area contributed by atoms with Gasteiger partial charge in [0.2, 0.25) is 0 Å². The monoisotopic (exact) mass is 283 g/mol. The van der Waals surface area contributed by atoms with E-state index in [4.69, 9.17) is 0 Å². The molecule has 1 atom stereocenters. The van der Waals surface area contributed by atoms with Gasteiger partial charge in [0, 0.05) is 12.6 Å². The third kappa shape index (κ3) is 3.62. The standard InChI is InChI=1S/C14H25N3O3/c1-11(10-17-8-4-5-9-17)15-13(20)16-14(12(18)19)6-2-3-7-14/h11H,2-10H2,1H3,(H,18,19)(H2,15,16,20). The van der Waals surface area contributed by atoms with Crippen LogP contribution in [0.25, 0.3) is 0 Å². The van der Waals surface area contributed by atoms with Crippen LogP contribution in [0.5, 0.6) is 0 Å². The average Bonchev–Trinajstić information content (AvgIpc) is 3.00. The maximum Gasteiger partial charge on any atom is 0.329 e. The molecule has 2 aliphatic rings. The van der Waals surface area contributed by atoms with Gasteiger partial charge in [0.15, 0.2) is 0 Å². The topological polar surface area (TPSA) is 81.7 Å². The lowest BCUT2D eigenvalue weighted by molar-refractivity contribution is -0.144. The van der Waals surface area contributed by atoms with Crippen molar-refractivity contribution in [3.05, 3.63) is 0 Å². The van der Waals surface area contributed by atoms with E-state index >= 15 is 0 Å². The number of nitrogens with zero attached hydrogens (tertiary/aromatic N) is 1. The van der Waals surface area contributed by atoms with Crippen molar-refractivity contribution in [2.75, 3.05) is 19.6 Å². The fraction of sp³-hybridized carbons (Fsp3) is 0.857. The summed E-state index contributed by atoms with van der Waals surface area (Å²) in [7, 11) is 0. The number of carbonyl (C=O) groups is 2. The molecule has 1 aliphatic heterocycles. The van der Waals surface area contributed by atoms with E-state index in [-0.39, 0.29) is 12.1 Å². The van der Waals surface area contributed by atoms with Crippen LogP contribution in [0, 0.1) is 0 Å². The third-order valence-corrected chi connectivity index (χ3v) is 4.33. The van der Waals surface area contributed by atoms with Crippen molar-refractivity contribution in [1.82, 2.24) is 15.5 Å². The second-order valence-corrected chi connectivity index (χ2v) is 6.10. The van der Waals surface area contributed by atoms with Crippen molar-refractivity contribution in [2.45, 2.75) is 57.0 Å². The molecule has 1 saturated carbocycles. The van der Waals surface area contributed by atoms with Gasteiger partial charge in [-0.05, 0) is 45.7 Å². The van der Waals surface area contributed by atoms with Crippen LogP contribution in [0.3, 0.4) is 0 Å². The zero-order valence-electron chi connectivity index (χ0n) is 12.2. The summed E-state index contributed by atoms with van der Waals surface area (Å²) in [6.45, 7) is 4.97. The molecule has 0 bridgehead atoms. The van der Waals surface area contributed by atoms with Crippen LogP contribution in [-0.4, -0.2) is 53.2 Å². The van der Waals surface area contributed by atoms with Gasteiger partial charge in [0.1, 0.15) is 5.54 Å². The summed E-state index contributed by atoms with van der Waals surface area (Å²) in [6, 6.07) is -0.332. The van der Waals surface area contributed by atoms with E-state index in [1.54, 1.807) is 0 Å². The van der Waals surface area contributed by atoms with Crippen LogP contribution in [0.2, 0.25) is 0 Å². The van der Waals surface area contributed by atoms with Gasteiger partial charge in [-0.25, -0.2) is 9.59 Å². The number of aliphatic carboxylic acids is 1. The minimum absolute atomic E-state index is 0.0281. The number of carboxylic acid groups (broad SMARTS) is 1. The summed E-state index contributed by atoms with van der Waals surface area (Å²) < 4.78 is 0. The lowest BCUT2D eigenvalue weighted by atomic mass is 9.98. The first-order valence-corrected chi connectivity index (χ1v) is 7.56. The number of amides is 2. The molecule has 6 nitrogen and oxygen atoms in total. The lowest BCUT2D eigenvalue weighted by Gasteiger charge is -2.27. The Balaban J connectivity index is 1.80. The molecule has 0 aromatic rings. The SMILES string of the molecule is CC(CN1CCCC1)NC(=O)NC1(C(=O)O)CCCC1. The maximum absolute atomic E-state index is 12.0. The van der Waals surface area contributed by atoms with Crippen molar-refractivity contribution in [1.29, 1.82) is 0 Å². The van der Waals surface area contributed by atoms with E-state index in [2.05, 4.69) is 15.5 Å². The molecule has 114 valence electrons. The number of carbonyl (C=O) groups excluding carboxylic acids is 1. The highest BCUT2D eigenvalue weighted by Gasteiger charge is 2.42. The van der Waals surface area contributed by atoms with Crippen molar-refractivity contribution < 1.29 is 14.7 Å². The molecule has 6 heteroatoms. The number of rotatable bonds is 5. The smallest absolute Gasteiger partial charge is 0.329 e. The second kappa shape index (κ2) is 6.43. The van der Waals surface area contributed by atoms with Crippen molar-refractivity contribution in [3.8, 4) is 0 Å². The number of likely N-dealkylation sites (tertiary alicyclic amines) is 1. The summed E-state index contributed by atoms with van der Waals surface area (Å²) in [5.74, 6) is -0.919. The molecule has 2 rings (SSSR count). The zero-order valence-corrected chi connectivity index (χ0v) is 12.2. The summed E-state index contributed by atoms with van der Waals surface area (Å²) in [5, 5.41) is 14.9. The summed E-state index contributed by atoms with van der Waals surface area (Å²) >= 11 is 0. The van der Waals surface area contributed by atoms with Crippen LogP contribution in [0.1, 0.15) is 45.4 Å². The van der Waals surface area contributed by atoms with Crippen LogP contribution < -0.4 is 10.6 Å². The number of hydrogen-bond acceptors (Lipinski definition) is 3. The van der Waals surface area contributed by atoms with Crippen LogP contribution >= 0.6 is 0 Å². The Kier molecular flexibility index (Phi) is 4.86. The molecule has 20 heavy (non-hydrogen) atoms. The normalized spacial score (nSPS) is 23.4. The van der Waals surface area contributed by atoms with Gasteiger partial charge >= 0.3 is 12.0 Å². The molecule has 0 aromatic heterocycles. The highest BCUT2D eigenvalue weighted by atomic mass is 16.4. The Morgan fingerprint density at radius 2 is 1.80 bits per heavy atom. The van der Waals surface area contributed by atoms with Gasteiger partial charge < -0.3 is 20.6 Å². The molecule has 3 N–H and O–H groups in total. The molecule has 0 spiro atoms. The Labute approximate surface area is 119 Å². The van der Waals surface area contributed by atoms with Crippen molar-refractivity contribution in [3.63, 3.8) is 0 Å². The largest absolute Gasteiger partial charge is 0.480 e. The van der Waals surface area contributed by atoms with E-state index < -0.39 is 11.5 Å². The number of hydrogen-bond donors (Lipinski definition) is 3. The van der Waals surface area contributed by atoms with Crippen molar-refractivity contribution in [2.24, 2.45) is 0 Å². The molecule has 1 unspecified atom stereocenters. The molecule has 2 amide bonds. The Hall–Kier alpha value is -1.30. The zero-order chi connectivity index (χ0) is 14.6. The van der Waals surface area contributed by atoms with Gasteiger partial charge in [0.05, 0.1) is 0 Å². The van der Waals surface area contributed by atoms with E-state index in [0.717, 1.165) is 32.5 Å².